The predicted octanol–water partition coefficient (Wildman–Crippen LogP) is 3.30. The van der Waals surface area contributed by atoms with Crippen molar-refractivity contribution in [1.82, 2.24) is 5.32 Å². The van der Waals surface area contributed by atoms with E-state index in [9.17, 15) is 0 Å². The lowest BCUT2D eigenvalue weighted by atomic mass is 9.75. The highest BCUT2D eigenvalue weighted by Crippen LogP contribution is 2.37. The molecule has 2 rings (SSSR count). The molecule has 1 saturated heterocycles. The Hall–Kier alpha value is -0.770. The molecule has 0 aliphatic carbocycles. The normalized spacial score (nSPS) is 17.9. The van der Waals surface area contributed by atoms with Gasteiger partial charge < -0.3 is 14.8 Å². The maximum absolute atomic E-state index is 6.15. The molecule has 1 fully saturated rings. The van der Waals surface area contributed by atoms with Crippen molar-refractivity contribution in [3.63, 3.8) is 0 Å². The lowest BCUT2D eigenvalue weighted by Gasteiger charge is -2.38. The van der Waals surface area contributed by atoms with Gasteiger partial charge in [0.1, 0.15) is 5.75 Å². The zero-order chi connectivity index (χ0) is 14.4. The number of nitrogens with one attached hydrogen (secondary N) is 1. The van der Waals surface area contributed by atoms with Gasteiger partial charge in [-0.3, -0.25) is 0 Å². The molecular weight excluding hydrogens is 274 g/mol. The fourth-order valence-electron chi connectivity index (χ4n) is 2.90. The second kappa shape index (κ2) is 7.30. The van der Waals surface area contributed by atoms with Gasteiger partial charge in [-0.15, -0.1) is 0 Å². The molecule has 0 amide bonds. The molecule has 1 aromatic rings. The lowest BCUT2D eigenvalue weighted by molar-refractivity contribution is 0.0149. The van der Waals surface area contributed by atoms with Crippen molar-refractivity contribution in [1.29, 1.82) is 0 Å². The molecule has 0 bridgehead atoms. The van der Waals surface area contributed by atoms with Gasteiger partial charge in [0, 0.05) is 24.8 Å². The van der Waals surface area contributed by atoms with Gasteiger partial charge in [-0.2, -0.15) is 0 Å². The minimum atomic E-state index is 0.242. The Labute approximate surface area is 126 Å². The Morgan fingerprint density at radius 2 is 2.10 bits per heavy atom. The average molecular weight is 298 g/mol. The third-order valence-electron chi connectivity index (χ3n) is 4.11. The summed E-state index contributed by atoms with van der Waals surface area (Å²) in [4.78, 5) is 0. The van der Waals surface area contributed by atoms with E-state index < -0.39 is 0 Å². The molecule has 0 unspecified atom stereocenters. The van der Waals surface area contributed by atoms with Crippen LogP contribution in [0.2, 0.25) is 5.02 Å². The maximum atomic E-state index is 6.15. The van der Waals surface area contributed by atoms with Crippen LogP contribution in [0.4, 0.5) is 0 Å². The van der Waals surface area contributed by atoms with Crippen molar-refractivity contribution in [3.05, 3.63) is 28.8 Å². The molecule has 3 nitrogen and oxygen atoms in total. The first kappa shape index (κ1) is 15.6. The van der Waals surface area contributed by atoms with Gasteiger partial charge in [-0.1, -0.05) is 18.5 Å². The van der Waals surface area contributed by atoms with E-state index in [4.69, 9.17) is 21.1 Å². The van der Waals surface area contributed by atoms with Gasteiger partial charge >= 0.3 is 0 Å². The standard InChI is InChI=1S/C16H24ClNO2/c1-3-18-12-16(6-8-20-9-7-16)11-13-10-14(17)4-5-15(13)19-2/h4-5,10,18H,3,6-9,11-12H2,1-2H3. The number of methoxy groups -OCH3 is 1. The zero-order valence-electron chi connectivity index (χ0n) is 12.4. The smallest absolute Gasteiger partial charge is 0.122 e. The zero-order valence-corrected chi connectivity index (χ0v) is 13.1. The fourth-order valence-corrected chi connectivity index (χ4v) is 3.09. The summed E-state index contributed by atoms with van der Waals surface area (Å²) in [6.45, 7) is 5.84. The summed E-state index contributed by atoms with van der Waals surface area (Å²) in [5.41, 5.74) is 1.44. The van der Waals surface area contributed by atoms with E-state index in [0.29, 0.717) is 0 Å². The Balaban J connectivity index is 2.20. The first-order valence-corrected chi connectivity index (χ1v) is 7.68. The molecule has 112 valence electrons. The molecule has 0 saturated carbocycles. The summed E-state index contributed by atoms with van der Waals surface area (Å²) in [5.74, 6) is 0.928. The third-order valence-corrected chi connectivity index (χ3v) is 4.35. The summed E-state index contributed by atoms with van der Waals surface area (Å²) in [7, 11) is 1.72. The van der Waals surface area contributed by atoms with Gasteiger partial charge in [0.25, 0.3) is 0 Å². The highest BCUT2D eigenvalue weighted by Gasteiger charge is 2.33. The average Bonchev–Trinajstić information content (AvgIpc) is 2.46. The van der Waals surface area contributed by atoms with Crippen LogP contribution in [-0.2, 0) is 11.2 Å². The molecule has 0 radical (unpaired) electrons. The van der Waals surface area contributed by atoms with Crippen molar-refractivity contribution < 1.29 is 9.47 Å². The highest BCUT2D eigenvalue weighted by molar-refractivity contribution is 6.30. The minimum Gasteiger partial charge on any atom is -0.496 e. The first-order chi connectivity index (χ1) is 9.69. The van der Waals surface area contributed by atoms with Crippen molar-refractivity contribution in [2.24, 2.45) is 5.41 Å². The van der Waals surface area contributed by atoms with Gasteiger partial charge in [-0.25, -0.2) is 0 Å². The Morgan fingerprint density at radius 3 is 2.75 bits per heavy atom. The Bertz CT molecular complexity index is 430. The quantitative estimate of drug-likeness (QED) is 0.874. The molecular formula is C16H24ClNO2. The van der Waals surface area contributed by atoms with Crippen LogP contribution in [0.5, 0.6) is 5.75 Å². The molecule has 1 N–H and O–H groups in total. The van der Waals surface area contributed by atoms with Gasteiger partial charge in [-0.05, 0) is 55.0 Å². The summed E-state index contributed by atoms with van der Waals surface area (Å²) in [6.07, 6.45) is 3.14. The monoisotopic (exact) mass is 297 g/mol. The number of halogens is 1. The molecule has 1 aliphatic heterocycles. The molecule has 0 aromatic heterocycles. The van der Waals surface area contributed by atoms with E-state index in [1.165, 1.54) is 5.56 Å². The maximum Gasteiger partial charge on any atom is 0.122 e. The minimum absolute atomic E-state index is 0.242. The predicted molar refractivity (Wildman–Crippen MR) is 82.7 cm³/mol. The van der Waals surface area contributed by atoms with Crippen molar-refractivity contribution in [2.75, 3.05) is 33.4 Å². The van der Waals surface area contributed by atoms with E-state index in [0.717, 1.165) is 56.3 Å². The van der Waals surface area contributed by atoms with Gasteiger partial charge in [0.05, 0.1) is 7.11 Å². The van der Waals surface area contributed by atoms with Crippen molar-refractivity contribution in [2.45, 2.75) is 26.2 Å². The van der Waals surface area contributed by atoms with Crippen LogP contribution in [-0.4, -0.2) is 33.4 Å². The fraction of sp³-hybridized carbons (Fsp3) is 0.625. The van der Waals surface area contributed by atoms with Gasteiger partial charge in [0.15, 0.2) is 0 Å². The number of rotatable bonds is 6. The van der Waals surface area contributed by atoms with Crippen molar-refractivity contribution >= 4 is 11.6 Å². The highest BCUT2D eigenvalue weighted by atomic mass is 35.5. The Morgan fingerprint density at radius 1 is 1.35 bits per heavy atom. The summed E-state index contributed by atoms with van der Waals surface area (Å²) in [5, 5.41) is 4.27. The molecule has 1 aromatic carbocycles. The van der Waals surface area contributed by atoms with Crippen LogP contribution in [0.15, 0.2) is 18.2 Å². The molecule has 1 aliphatic rings. The lowest BCUT2D eigenvalue weighted by Crippen LogP contribution is -2.40. The molecule has 1 heterocycles. The van der Waals surface area contributed by atoms with E-state index in [2.05, 4.69) is 12.2 Å². The van der Waals surface area contributed by atoms with E-state index in [-0.39, 0.29) is 5.41 Å². The topological polar surface area (TPSA) is 30.5 Å². The van der Waals surface area contributed by atoms with Gasteiger partial charge in [0.2, 0.25) is 0 Å². The molecule has 0 atom stereocenters. The number of ether oxygens (including phenoxy) is 2. The van der Waals surface area contributed by atoms with Crippen LogP contribution >= 0.6 is 11.6 Å². The van der Waals surface area contributed by atoms with Crippen LogP contribution in [0.3, 0.4) is 0 Å². The summed E-state index contributed by atoms with van der Waals surface area (Å²) < 4.78 is 11.0. The van der Waals surface area contributed by atoms with Crippen LogP contribution in [0.1, 0.15) is 25.3 Å². The SMILES string of the molecule is CCNCC1(Cc2cc(Cl)ccc2OC)CCOCC1. The van der Waals surface area contributed by atoms with Crippen molar-refractivity contribution in [3.8, 4) is 5.75 Å². The van der Waals surface area contributed by atoms with E-state index in [1.807, 2.05) is 18.2 Å². The number of hydrogen-bond acceptors (Lipinski definition) is 3. The second-order valence-electron chi connectivity index (χ2n) is 5.53. The second-order valence-corrected chi connectivity index (χ2v) is 5.96. The molecule has 20 heavy (non-hydrogen) atoms. The molecule has 0 spiro atoms. The summed E-state index contributed by atoms with van der Waals surface area (Å²) in [6, 6.07) is 5.87. The largest absolute Gasteiger partial charge is 0.496 e. The Kier molecular flexibility index (Phi) is 5.70. The van der Waals surface area contributed by atoms with Crippen LogP contribution in [0.25, 0.3) is 0 Å². The first-order valence-electron chi connectivity index (χ1n) is 7.30. The summed E-state index contributed by atoms with van der Waals surface area (Å²) >= 11 is 6.15. The number of benzene rings is 1. The number of hydrogen-bond donors (Lipinski definition) is 1. The van der Waals surface area contributed by atoms with E-state index >= 15 is 0 Å². The van der Waals surface area contributed by atoms with Crippen LogP contribution < -0.4 is 10.1 Å². The third kappa shape index (κ3) is 3.87. The van der Waals surface area contributed by atoms with Crippen LogP contribution in [0, 0.1) is 5.41 Å². The van der Waals surface area contributed by atoms with E-state index in [1.54, 1.807) is 7.11 Å². The molecule has 4 heteroatoms.